The van der Waals surface area contributed by atoms with Gasteiger partial charge in [0.25, 0.3) is 0 Å². The summed E-state index contributed by atoms with van der Waals surface area (Å²) in [7, 11) is 0. The number of aliphatic hydroxyl groups excluding tert-OH is 1. The van der Waals surface area contributed by atoms with Crippen molar-refractivity contribution in [2.24, 2.45) is 0 Å². The van der Waals surface area contributed by atoms with E-state index < -0.39 is 16.4 Å². The van der Waals surface area contributed by atoms with Crippen molar-refractivity contribution >= 4 is 17.9 Å². The van der Waals surface area contributed by atoms with Gasteiger partial charge in [0.1, 0.15) is 5.60 Å². The molecule has 0 aliphatic heterocycles. The van der Waals surface area contributed by atoms with Crippen molar-refractivity contribution in [2.45, 2.75) is 31.1 Å². The monoisotopic (exact) mass is 461 g/mol. The summed E-state index contributed by atoms with van der Waals surface area (Å²) in [4.78, 5) is 12.1. The predicted octanol–water partition coefficient (Wildman–Crippen LogP) is 6.11. The third-order valence-corrected chi connectivity index (χ3v) is 6.52. The van der Waals surface area contributed by atoms with Gasteiger partial charge in [-0.15, -0.1) is 11.8 Å². The summed E-state index contributed by atoms with van der Waals surface area (Å²) in [5.41, 5.74) is 3.49. The third-order valence-electron chi connectivity index (χ3n) is 5.01. The number of carbonyl (C=O) groups is 1. The van der Waals surface area contributed by atoms with Crippen molar-refractivity contribution in [3.05, 3.63) is 119 Å². The molecular weight excluding hydrogens is 430 g/mol. The highest BCUT2D eigenvalue weighted by Gasteiger charge is 2.36. The molecule has 0 aliphatic rings. The molecule has 172 valence electrons. The van der Waals surface area contributed by atoms with Gasteiger partial charge in [-0.2, -0.15) is 0 Å². The molecule has 0 atom stereocenters. The van der Waals surface area contributed by atoms with E-state index in [-0.39, 0.29) is 13.2 Å². The molecule has 1 amide bonds. The fourth-order valence-corrected chi connectivity index (χ4v) is 4.85. The average Bonchev–Trinajstić information content (AvgIpc) is 2.82. The quantitative estimate of drug-likeness (QED) is 0.397. The topological polar surface area (TPSA) is 58.6 Å². The number of rotatable bonds is 8. The van der Waals surface area contributed by atoms with Crippen molar-refractivity contribution in [2.75, 3.05) is 13.2 Å². The Bertz CT molecular complexity index is 948. The molecule has 3 aromatic rings. The zero-order valence-electron chi connectivity index (χ0n) is 19.3. The number of benzene rings is 3. The Morgan fingerprint density at radius 3 is 1.64 bits per heavy atom. The van der Waals surface area contributed by atoms with Gasteiger partial charge in [0, 0.05) is 6.54 Å². The van der Waals surface area contributed by atoms with E-state index in [9.17, 15) is 9.90 Å². The van der Waals surface area contributed by atoms with E-state index in [2.05, 4.69) is 41.7 Å². The minimum absolute atomic E-state index is 0.169. The molecule has 0 radical (unpaired) electrons. The number of ether oxygens (including phenoxy) is 1. The fourth-order valence-electron chi connectivity index (χ4n) is 3.53. The summed E-state index contributed by atoms with van der Waals surface area (Å²) in [5, 5.41) is 14.7. The standard InChI is InChI=1S/C28H31NO3S/c1-27(2,3)32-26(31)29-19-22(20-30)21-33-28(23-13-7-4-8-14-23,24-15-9-5-10-16-24)25-17-11-6-12-18-25/h4-18,21,30H,19-20H2,1-3H3,(H,29,31)/b22-21-. The molecule has 4 nitrogen and oxygen atoms in total. The van der Waals surface area contributed by atoms with E-state index in [1.54, 1.807) is 11.8 Å². The highest BCUT2D eigenvalue weighted by atomic mass is 32.2. The number of alkyl carbamates (subject to hydrolysis) is 1. The first-order valence-electron chi connectivity index (χ1n) is 10.9. The normalized spacial score (nSPS) is 12.3. The number of nitrogens with one attached hydrogen (secondary N) is 1. The van der Waals surface area contributed by atoms with E-state index in [0.29, 0.717) is 5.57 Å². The molecule has 0 bridgehead atoms. The van der Waals surface area contributed by atoms with Crippen molar-refractivity contribution in [3.63, 3.8) is 0 Å². The number of hydrogen-bond acceptors (Lipinski definition) is 4. The van der Waals surface area contributed by atoms with Gasteiger partial charge >= 0.3 is 6.09 Å². The van der Waals surface area contributed by atoms with E-state index >= 15 is 0 Å². The van der Waals surface area contributed by atoms with Crippen LogP contribution < -0.4 is 5.32 Å². The van der Waals surface area contributed by atoms with Crippen LogP contribution in [0.3, 0.4) is 0 Å². The van der Waals surface area contributed by atoms with Crippen molar-refractivity contribution in [1.82, 2.24) is 5.32 Å². The lowest BCUT2D eigenvalue weighted by Gasteiger charge is -2.34. The van der Waals surface area contributed by atoms with Crippen LogP contribution in [0.4, 0.5) is 4.79 Å². The van der Waals surface area contributed by atoms with E-state index in [0.717, 1.165) is 16.7 Å². The second-order valence-electron chi connectivity index (χ2n) is 8.69. The molecule has 0 heterocycles. The minimum atomic E-state index is -0.578. The molecule has 3 rings (SSSR count). The van der Waals surface area contributed by atoms with Gasteiger partial charge in [-0.3, -0.25) is 0 Å². The Morgan fingerprint density at radius 1 is 0.848 bits per heavy atom. The molecule has 0 saturated carbocycles. The van der Waals surface area contributed by atoms with Crippen LogP contribution in [0.15, 0.2) is 102 Å². The Hall–Kier alpha value is -3.02. The van der Waals surface area contributed by atoms with Crippen molar-refractivity contribution < 1.29 is 14.6 Å². The first-order chi connectivity index (χ1) is 15.8. The Kier molecular flexibility index (Phi) is 8.37. The first-order valence-corrected chi connectivity index (χ1v) is 11.8. The molecule has 0 saturated heterocycles. The molecule has 0 aliphatic carbocycles. The van der Waals surface area contributed by atoms with E-state index in [1.165, 1.54) is 0 Å². The number of amides is 1. The summed E-state index contributed by atoms with van der Waals surface area (Å²) in [6.07, 6.45) is -0.507. The fraction of sp³-hybridized carbons (Fsp3) is 0.250. The number of aliphatic hydroxyl groups is 1. The first kappa shape index (κ1) is 24.6. The number of carbonyl (C=O) groups excluding carboxylic acids is 1. The maximum atomic E-state index is 12.1. The zero-order chi connectivity index (χ0) is 23.7. The van der Waals surface area contributed by atoms with Gasteiger partial charge in [-0.05, 0) is 48.4 Å². The van der Waals surface area contributed by atoms with Gasteiger partial charge in [0.2, 0.25) is 0 Å². The zero-order valence-corrected chi connectivity index (χ0v) is 20.1. The smallest absolute Gasteiger partial charge is 0.407 e. The maximum Gasteiger partial charge on any atom is 0.407 e. The van der Waals surface area contributed by atoms with Gasteiger partial charge in [0.05, 0.1) is 11.4 Å². The lowest BCUT2D eigenvalue weighted by atomic mass is 9.84. The number of hydrogen-bond donors (Lipinski definition) is 2. The summed E-state index contributed by atoms with van der Waals surface area (Å²) < 4.78 is 4.79. The Labute approximate surface area is 200 Å². The van der Waals surface area contributed by atoms with Gasteiger partial charge in [0.15, 0.2) is 0 Å². The molecule has 0 spiro atoms. The van der Waals surface area contributed by atoms with E-state index in [1.807, 2.05) is 80.8 Å². The Balaban J connectivity index is 2.00. The maximum absolute atomic E-state index is 12.1. The Morgan fingerprint density at radius 2 is 1.27 bits per heavy atom. The van der Waals surface area contributed by atoms with Gasteiger partial charge < -0.3 is 15.2 Å². The molecule has 3 aromatic carbocycles. The largest absolute Gasteiger partial charge is 0.444 e. The van der Waals surface area contributed by atoms with E-state index in [4.69, 9.17) is 4.74 Å². The van der Waals surface area contributed by atoms with Crippen LogP contribution in [0.1, 0.15) is 37.5 Å². The predicted molar refractivity (Wildman–Crippen MR) is 136 cm³/mol. The second-order valence-corrected chi connectivity index (χ2v) is 9.77. The van der Waals surface area contributed by atoms with Crippen LogP contribution in [0.5, 0.6) is 0 Å². The lowest BCUT2D eigenvalue weighted by Crippen LogP contribution is -2.34. The van der Waals surface area contributed by atoms with Crippen LogP contribution in [0.2, 0.25) is 0 Å². The third kappa shape index (κ3) is 6.50. The van der Waals surface area contributed by atoms with Crippen LogP contribution in [-0.2, 0) is 9.48 Å². The average molecular weight is 462 g/mol. The summed E-state index contributed by atoms with van der Waals surface area (Å²) in [6.45, 7) is 5.49. The molecular formula is C28H31NO3S. The van der Waals surface area contributed by atoms with Crippen molar-refractivity contribution in [1.29, 1.82) is 0 Å². The van der Waals surface area contributed by atoms with Crippen LogP contribution >= 0.6 is 11.8 Å². The van der Waals surface area contributed by atoms with Crippen molar-refractivity contribution in [3.8, 4) is 0 Å². The van der Waals surface area contributed by atoms with Crippen LogP contribution in [0.25, 0.3) is 0 Å². The minimum Gasteiger partial charge on any atom is -0.444 e. The molecule has 2 N–H and O–H groups in total. The molecule has 0 unspecified atom stereocenters. The molecule has 0 aromatic heterocycles. The van der Waals surface area contributed by atoms with Gasteiger partial charge in [-0.25, -0.2) is 4.79 Å². The molecule has 0 fully saturated rings. The summed E-state index contributed by atoms with van der Waals surface area (Å²) in [5.74, 6) is 0. The SMILES string of the molecule is CC(C)(C)OC(=O)NC/C(=C/SC(c1ccccc1)(c1ccccc1)c1ccccc1)CO. The molecule has 5 heteroatoms. The number of thioether (sulfide) groups is 1. The lowest BCUT2D eigenvalue weighted by molar-refractivity contribution is 0.0531. The highest BCUT2D eigenvalue weighted by molar-refractivity contribution is 8.03. The molecule has 33 heavy (non-hydrogen) atoms. The summed E-state index contributed by atoms with van der Waals surface area (Å²) >= 11 is 1.61. The highest BCUT2D eigenvalue weighted by Crippen LogP contribution is 2.49. The summed E-state index contributed by atoms with van der Waals surface area (Å²) in [6, 6.07) is 31.0. The van der Waals surface area contributed by atoms with Crippen LogP contribution in [0, 0.1) is 0 Å². The second kappa shape index (κ2) is 11.2. The van der Waals surface area contributed by atoms with Gasteiger partial charge in [-0.1, -0.05) is 91.0 Å². The van der Waals surface area contributed by atoms with Crippen LogP contribution in [-0.4, -0.2) is 30.0 Å².